The topological polar surface area (TPSA) is 47.8 Å². The lowest BCUT2D eigenvalue weighted by molar-refractivity contribution is -0.137. The van der Waals surface area contributed by atoms with E-state index in [0.29, 0.717) is 27.5 Å². The Morgan fingerprint density at radius 2 is 1.77 bits per heavy atom. The van der Waals surface area contributed by atoms with Crippen LogP contribution in [0.5, 0.6) is 0 Å². The molecule has 0 aliphatic carbocycles. The van der Waals surface area contributed by atoms with Crippen LogP contribution in [0.15, 0.2) is 76.8 Å². The number of rotatable bonds is 6. The Balaban J connectivity index is 1.57. The van der Waals surface area contributed by atoms with Crippen molar-refractivity contribution in [3.8, 4) is 0 Å². The molecule has 0 bridgehead atoms. The van der Waals surface area contributed by atoms with E-state index in [0.717, 1.165) is 34.3 Å². The summed E-state index contributed by atoms with van der Waals surface area (Å²) >= 11 is 2.56. The molecule has 2 aromatic carbocycles. The number of nitrogens with zero attached hydrogens (tertiary/aromatic N) is 3. The molecular formula is C26H20F3N3OS2. The van der Waals surface area contributed by atoms with Gasteiger partial charge in [-0.1, -0.05) is 61.2 Å². The number of benzene rings is 2. The first-order valence-corrected chi connectivity index (χ1v) is 12.8. The predicted molar refractivity (Wildman–Crippen MR) is 135 cm³/mol. The minimum absolute atomic E-state index is 0.177. The van der Waals surface area contributed by atoms with Gasteiger partial charge in [0, 0.05) is 17.3 Å². The SMILES string of the molecule is CCc1ccc(Cn2c(SCc3cccc(C(F)(F)F)c3)nc3c(sc4ncccc43)c2=O)cc1. The van der Waals surface area contributed by atoms with Crippen molar-refractivity contribution in [2.24, 2.45) is 0 Å². The number of aromatic nitrogens is 3. The number of thioether (sulfide) groups is 1. The van der Waals surface area contributed by atoms with E-state index in [1.54, 1.807) is 22.9 Å². The summed E-state index contributed by atoms with van der Waals surface area (Å²) in [7, 11) is 0. The zero-order chi connectivity index (χ0) is 24.6. The van der Waals surface area contributed by atoms with E-state index in [2.05, 4.69) is 11.9 Å². The summed E-state index contributed by atoms with van der Waals surface area (Å²) in [5, 5.41) is 1.26. The largest absolute Gasteiger partial charge is 0.416 e. The summed E-state index contributed by atoms with van der Waals surface area (Å²) in [6.45, 7) is 2.40. The summed E-state index contributed by atoms with van der Waals surface area (Å²) in [4.78, 5) is 23.5. The first-order chi connectivity index (χ1) is 16.8. The van der Waals surface area contributed by atoms with Crippen LogP contribution in [-0.4, -0.2) is 14.5 Å². The molecule has 0 atom stereocenters. The zero-order valence-electron chi connectivity index (χ0n) is 18.7. The van der Waals surface area contributed by atoms with Crippen LogP contribution >= 0.6 is 23.1 Å². The first-order valence-electron chi connectivity index (χ1n) is 11.0. The molecular weight excluding hydrogens is 491 g/mol. The van der Waals surface area contributed by atoms with E-state index < -0.39 is 11.7 Å². The fourth-order valence-electron chi connectivity index (χ4n) is 3.84. The Morgan fingerprint density at radius 3 is 2.51 bits per heavy atom. The summed E-state index contributed by atoms with van der Waals surface area (Å²) in [5.74, 6) is 0.247. The lowest BCUT2D eigenvalue weighted by atomic mass is 10.1. The summed E-state index contributed by atoms with van der Waals surface area (Å²) in [6, 6.07) is 17.0. The number of hydrogen-bond donors (Lipinski definition) is 0. The minimum atomic E-state index is -4.41. The fourth-order valence-corrected chi connectivity index (χ4v) is 5.80. The highest BCUT2D eigenvalue weighted by Gasteiger charge is 2.30. The van der Waals surface area contributed by atoms with Crippen LogP contribution in [0, 0.1) is 0 Å². The van der Waals surface area contributed by atoms with Gasteiger partial charge in [0.2, 0.25) is 0 Å². The van der Waals surface area contributed by atoms with E-state index in [-0.39, 0.29) is 11.3 Å². The maximum Gasteiger partial charge on any atom is 0.416 e. The lowest BCUT2D eigenvalue weighted by Crippen LogP contribution is -2.23. The van der Waals surface area contributed by atoms with E-state index in [4.69, 9.17) is 4.98 Å². The highest BCUT2D eigenvalue weighted by atomic mass is 32.2. The van der Waals surface area contributed by atoms with Gasteiger partial charge in [-0.15, -0.1) is 11.3 Å². The van der Waals surface area contributed by atoms with E-state index >= 15 is 0 Å². The Kier molecular flexibility index (Phi) is 6.37. The van der Waals surface area contributed by atoms with Gasteiger partial charge in [0.1, 0.15) is 9.53 Å². The molecule has 3 heterocycles. The average Bonchev–Trinajstić information content (AvgIpc) is 3.24. The molecule has 35 heavy (non-hydrogen) atoms. The molecule has 0 radical (unpaired) electrons. The number of thiophene rings is 1. The summed E-state index contributed by atoms with van der Waals surface area (Å²) in [6.07, 6.45) is -1.82. The van der Waals surface area contributed by atoms with Crippen LogP contribution in [0.4, 0.5) is 13.2 Å². The van der Waals surface area contributed by atoms with E-state index in [9.17, 15) is 18.0 Å². The number of fused-ring (bicyclic) bond motifs is 3. The van der Waals surface area contributed by atoms with Crippen LogP contribution in [0.1, 0.15) is 29.2 Å². The second-order valence-corrected chi connectivity index (χ2v) is 10.0. The van der Waals surface area contributed by atoms with Crippen molar-refractivity contribution in [1.29, 1.82) is 0 Å². The third kappa shape index (κ3) is 4.83. The van der Waals surface area contributed by atoms with E-state index in [1.165, 1.54) is 34.7 Å². The third-order valence-corrected chi connectivity index (χ3v) is 7.85. The fraction of sp³-hybridized carbons (Fsp3) is 0.192. The van der Waals surface area contributed by atoms with Crippen molar-refractivity contribution < 1.29 is 13.2 Å². The molecule has 178 valence electrons. The van der Waals surface area contributed by atoms with Gasteiger partial charge in [0.05, 0.1) is 17.6 Å². The monoisotopic (exact) mass is 511 g/mol. The van der Waals surface area contributed by atoms with Gasteiger partial charge in [0.15, 0.2) is 5.16 Å². The van der Waals surface area contributed by atoms with E-state index in [1.807, 2.05) is 30.3 Å². The minimum Gasteiger partial charge on any atom is -0.282 e. The van der Waals surface area contributed by atoms with Crippen LogP contribution in [0.3, 0.4) is 0 Å². The second kappa shape index (κ2) is 9.47. The van der Waals surface area contributed by atoms with Gasteiger partial charge in [0.25, 0.3) is 5.56 Å². The molecule has 5 rings (SSSR count). The molecule has 9 heteroatoms. The molecule has 0 unspecified atom stereocenters. The maximum absolute atomic E-state index is 13.6. The molecule has 0 amide bonds. The zero-order valence-corrected chi connectivity index (χ0v) is 20.3. The maximum atomic E-state index is 13.6. The van der Waals surface area contributed by atoms with Crippen LogP contribution in [-0.2, 0) is 24.9 Å². The molecule has 0 saturated heterocycles. The van der Waals surface area contributed by atoms with Crippen molar-refractivity contribution >= 4 is 43.5 Å². The molecule has 0 saturated carbocycles. The quantitative estimate of drug-likeness (QED) is 0.183. The first kappa shape index (κ1) is 23.6. The molecule has 0 aliphatic heterocycles. The van der Waals surface area contributed by atoms with Crippen molar-refractivity contribution in [2.75, 3.05) is 0 Å². The predicted octanol–water partition coefficient (Wildman–Crippen LogP) is 6.93. The van der Waals surface area contributed by atoms with Gasteiger partial charge in [-0.05, 0) is 41.3 Å². The summed E-state index contributed by atoms with van der Waals surface area (Å²) < 4.78 is 41.6. The molecule has 3 aromatic heterocycles. The van der Waals surface area contributed by atoms with Crippen molar-refractivity contribution in [3.05, 3.63) is 99.5 Å². The van der Waals surface area contributed by atoms with Gasteiger partial charge in [-0.3, -0.25) is 9.36 Å². The normalized spacial score (nSPS) is 12.0. The molecule has 5 aromatic rings. The van der Waals surface area contributed by atoms with Gasteiger partial charge in [-0.25, -0.2) is 9.97 Å². The smallest absolute Gasteiger partial charge is 0.282 e. The van der Waals surface area contributed by atoms with Crippen LogP contribution in [0.2, 0.25) is 0 Å². The van der Waals surface area contributed by atoms with Gasteiger partial charge >= 0.3 is 6.18 Å². The average molecular weight is 512 g/mol. The number of hydrogen-bond acceptors (Lipinski definition) is 5. The van der Waals surface area contributed by atoms with Crippen LogP contribution < -0.4 is 5.56 Å². The van der Waals surface area contributed by atoms with Crippen molar-refractivity contribution in [1.82, 2.24) is 14.5 Å². The highest BCUT2D eigenvalue weighted by Crippen LogP contribution is 2.33. The summed E-state index contributed by atoms with van der Waals surface area (Å²) in [5.41, 5.74) is 2.36. The molecule has 0 spiro atoms. The Morgan fingerprint density at radius 1 is 1.00 bits per heavy atom. The Bertz CT molecular complexity index is 1570. The van der Waals surface area contributed by atoms with Crippen molar-refractivity contribution in [2.45, 2.75) is 37.0 Å². The number of alkyl halides is 3. The van der Waals surface area contributed by atoms with Crippen molar-refractivity contribution in [3.63, 3.8) is 0 Å². The second-order valence-electron chi connectivity index (χ2n) is 8.08. The molecule has 4 nitrogen and oxygen atoms in total. The standard InChI is InChI=1S/C26H20F3N3OS2/c1-2-16-8-10-17(11-9-16)14-32-24(33)22-21(20-7-4-12-30-23(20)35-22)31-25(32)34-15-18-5-3-6-19(13-18)26(27,28)29/h3-13H,2,14-15H2,1H3. The molecule has 0 N–H and O–H groups in total. The third-order valence-electron chi connectivity index (χ3n) is 5.71. The number of aryl methyl sites for hydroxylation is 1. The lowest BCUT2D eigenvalue weighted by Gasteiger charge is -2.13. The Labute approximate surface area is 207 Å². The number of halogens is 3. The number of pyridine rings is 1. The highest BCUT2D eigenvalue weighted by molar-refractivity contribution is 7.98. The molecule has 0 aliphatic rings. The van der Waals surface area contributed by atoms with Gasteiger partial charge < -0.3 is 0 Å². The van der Waals surface area contributed by atoms with Crippen LogP contribution in [0.25, 0.3) is 20.4 Å². The van der Waals surface area contributed by atoms with Gasteiger partial charge in [-0.2, -0.15) is 13.2 Å². The Hall–Kier alpha value is -3.17. The molecule has 0 fully saturated rings.